The Morgan fingerprint density at radius 1 is 1.08 bits per heavy atom. The minimum absolute atomic E-state index is 0.213. The molecular weight excluding hydrogens is 342 g/mol. The predicted molar refractivity (Wildman–Crippen MR) is 91.1 cm³/mol. The molecule has 1 atom stereocenters. The molecule has 4 rings (SSSR count). The van der Waals surface area contributed by atoms with E-state index in [1.807, 2.05) is 30.3 Å². The van der Waals surface area contributed by atoms with Gasteiger partial charge in [-0.3, -0.25) is 0 Å². The van der Waals surface area contributed by atoms with Gasteiger partial charge in [0.2, 0.25) is 10.0 Å². The standard InChI is InChI=1S/C18H19NO5S/c1-19(9-15-12-23-17-4-2-3-5-18(17)24-15)25(20,21)16-7-6-13-10-22-11-14(13)8-16/h2-8,15H,9-12H2,1H3. The Bertz CT molecular complexity index is 896. The van der Waals surface area contributed by atoms with Crippen LogP contribution in [0.15, 0.2) is 47.4 Å². The number of para-hydroxylation sites is 2. The van der Waals surface area contributed by atoms with Gasteiger partial charge in [-0.15, -0.1) is 0 Å². The molecule has 0 radical (unpaired) electrons. The molecule has 1 unspecified atom stereocenters. The van der Waals surface area contributed by atoms with Crippen molar-refractivity contribution in [2.24, 2.45) is 0 Å². The third-order valence-electron chi connectivity index (χ3n) is 4.43. The molecule has 0 amide bonds. The molecule has 7 heteroatoms. The Balaban J connectivity index is 1.50. The van der Waals surface area contributed by atoms with Crippen molar-refractivity contribution in [1.82, 2.24) is 4.31 Å². The third-order valence-corrected chi connectivity index (χ3v) is 6.25. The molecule has 0 saturated heterocycles. The second-order valence-corrected chi connectivity index (χ2v) is 8.25. The Morgan fingerprint density at radius 2 is 1.84 bits per heavy atom. The molecule has 2 aliphatic rings. The number of likely N-dealkylation sites (N-methyl/N-ethyl adjacent to an activating group) is 1. The molecule has 2 aliphatic heterocycles. The molecule has 0 N–H and O–H groups in total. The van der Waals surface area contributed by atoms with E-state index >= 15 is 0 Å². The number of nitrogens with zero attached hydrogens (tertiary/aromatic N) is 1. The largest absolute Gasteiger partial charge is 0.486 e. The van der Waals surface area contributed by atoms with Gasteiger partial charge in [0, 0.05) is 7.05 Å². The van der Waals surface area contributed by atoms with Gasteiger partial charge in [-0.1, -0.05) is 18.2 Å². The van der Waals surface area contributed by atoms with Gasteiger partial charge in [-0.05, 0) is 35.4 Å². The zero-order chi connectivity index (χ0) is 17.4. The van der Waals surface area contributed by atoms with Crippen molar-refractivity contribution in [2.45, 2.75) is 24.2 Å². The summed E-state index contributed by atoms with van der Waals surface area (Å²) in [6.45, 7) is 1.52. The van der Waals surface area contributed by atoms with Gasteiger partial charge in [0.1, 0.15) is 12.7 Å². The van der Waals surface area contributed by atoms with Crippen LogP contribution in [0.4, 0.5) is 0 Å². The van der Waals surface area contributed by atoms with E-state index in [2.05, 4.69) is 0 Å². The molecule has 0 aliphatic carbocycles. The fourth-order valence-corrected chi connectivity index (χ4v) is 4.28. The summed E-state index contributed by atoms with van der Waals surface area (Å²) in [4.78, 5) is 0.274. The average Bonchev–Trinajstić information content (AvgIpc) is 3.09. The van der Waals surface area contributed by atoms with Crippen LogP contribution in [-0.2, 0) is 28.0 Å². The molecular formula is C18H19NO5S. The van der Waals surface area contributed by atoms with Gasteiger partial charge >= 0.3 is 0 Å². The van der Waals surface area contributed by atoms with Crippen molar-refractivity contribution in [2.75, 3.05) is 20.2 Å². The maximum Gasteiger partial charge on any atom is 0.242 e. The highest BCUT2D eigenvalue weighted by Crippen LogP contribution is 2.31. The van der Waals surface area contributed by atoms with Crippen LogP contribution in [0.3, 0.4) is 0 Å². The highest BCUT2D eigenvalue weighted by atomic mass is 32.2. The Labute approximate surface area is 147 Å². The third kappa shape index (κ3) is 3.10. The van der Waals surface area contributed by atoms with Crippen LogP contribution in [0.2, 0.25) is 0 Å². The summed E-state index contributed by atoms with van der Waals surface area (Å²) in [5, 5.41) is 0. The average molecular weight is 361 g/mol. The number of sulfonamides is 1. The summed E-state index contributed by atoms with van der Waals surface area (Å²) in [5.74, 6) is 1.32. The van der Waals surface area contributed by atoms with Crippen LogP contribution >= 0.6 is 0 Å². The maximum absolute atomic E-state index is 12.8. The molecule has 0 saturated carbocycles. The number of fused-ring (bicyclic) bond motifs is 2. The number of benzene rings is 2. The fourth-order valence-electron chi connectivity index (χ4n) is 3.03. The lowest BCUT2D eigenvalue weighted by Gasteiger charge is -2.29. The monoisotopic (exact) mass is 361 g/mol. The number of rotatable bonds is 4. The Kier molecular flexibility index (Phi) is 4.15. The fraction of sp³-hybridized carbons (Fsp3) is 0.333. The molecule has 0 spiro atoms. The van der Waals surface area contributed by atoms with Gasteiger partial charge in [0.25, 0.3) is 0 Å². The first-order chi connectivity index (χ1) is 12.0. The summed E-state index contributed by atoms with van der Waals surface area (Å²) in [5.41, 5.74) is 1.97. The van der Waals surface area contributed by atoms with Crippen molar-refractivity contribution < 1.29 is 22.6 Å². The topological polar surface area (TPSA) is 65.1 Å². The Morgan fingerprint density at radius 3 is 2.68 bits per heavy atom. The summed E-state index contributed by atoms with van der Waals surface area (Å²) in [6, 6.07) is 12.5. The normalized spacial score (nSPS) is 19.0. The van der Waals surface area contributed by atoms with Crippen LogP contribution in [0.5, 0.6) is 11.5 Å². The van der Waals surface area contributed by atoms with Gasteiger partial charge in [0.05, 0.1) is 24.7 Å². The highest BCUT2D eigenvalue weighted by Gasteiger charge is 2.28. The second kappa shape index (κ2) is 6.33. The molecule has 2 heterocycles. The first-order valence-electron chi connectivity index (χ1n) is 8.08. The highest BCUT2D eigenvalue weighted by molar-refractivity contribution is 7.89. The van der Waals surface area contributed by atoms with Gasteiger partial charge < -0.3 is 14.2 Å². The van der Waals surface area contributed by atoms with Gasteiger partial charge in [-0.2, -0.15) is 4.31 Å². The lowest BCUT2D eigenvalue weighted by Crippen LogP contribution is -2.41. The van der Waals surface area contributed by atoms with Crippen LogP contribution < -0.4 is 9.47 Å². The minimum Gasteiger partial charge on any atom is -0.486 e. The zero-order valence-corrected chi connectivity index (χ0v) is 14.7. The smallest absolute Gasteiger partial charge is 0.242 e. The molecule has 6 nitrogen and oxygen atoms in total. The molecule has 25 heavy (non-hydrogen) atoms. The quantitative estimate of drug-likeness (QED) is 0.835. The number of hydrogen-bond donors (Lipinski definition) is 0. The lowest BCUT2D eigenvalue weighted by molar-refractivity contribution is 0.0798. The van der Waals surface area contributed by atoms with Crippen LogP contribution in [0.1, 0.15) is 11.1 Å². The second-order valence-electron chi connectivity index (χ2n) is 6.21. The number of hydrogen-bond acceptors (Lipinski definition) is 5. The van der Waals surface area contributed by atoms with E-state index in [-0.39, 0.29) is 17.5 Å². The molecule has 0 bridgehead atoms. The van der Waals surface area contributed by atoms with Crippen molar-refractivity contribution >= 4 is 10.0 Å². The first kappa shape index (κ1) is 16.4. The van der Waals surface area contributed by atoms with E-state index in [0.717, 1.165) is 11.1 Å². The Hall–Kier alpha value is -2.09. The van der Waals surface area contributed by atoms with Crippen LogP contribution in [0.25, 0.3) is 0 Å². The molecule has 0 fully saturated rings. The summed E-state index contributed by atoms with van der Waals surface area (Å²) < 4.78 is 43.9. The SMILES string of the molecule is CN(CC1COc2ccccc2O1)S(=O)(=O)c1ccc2c(c1)COC2. The number of ether oxygens (including phenoxy) is 3. The van der Waals surface area contributed by atoms with Crippen molar-refractivity contribution in [3.8, 4) is 11.5 Å². The maximum atomic E-state index is 12.8. The minimum atomic E-state index is -3.60. The van der Waals surface area contributed by atoms with Crippen LogP contribution in [0, 0.1) is 0 Å². The summed E-state index contributed by atoms with van der Waals surface area (Å²) in [7, 11) is -2.04. The predicted octanol–water partition coefficient (Wildman–Crippen LogP) is 2.18. The van der Waals surface area contributed by atoms with Crippen molar-refractivity contribution in [3.05, 3.63) is 53.6 Å². The molecule has 0 aromatic heterocycles. The van der Waals surface area contributed by atoms with E-state index in [1.54, 1.807) is 19.2 Å². The van der Waals surface area contributed by atoms with E-state index in [0.29, 0.717) is 31.3 Å². The van der Waals surface area contributed by atoms with E-state index < -0.39 is 10.0 Å². The van der Waals surface area contributed by atoms with Gasteiger partial charge in [-0.25, -0.2) is 8.42 Å². The van der Waals surface area contributed by atoms with E-state index in [1.165, 1.54) is 4.31 Å². The lowest BCUT2D eigenvalue weighted by atomic mass is 10.1. The van der Waals surface area contributed by atoms with Gasteiger partial charge in [0.15, 0.2) is 11.5 Å². The van der Waals surface area contributed by atoms with Crippen LogP contribution in [-0.4, -0.2) is 39.0 Å². The van der Waals surface area contributed by atoms with Crippen molar-refractivity contribution in [1.29, 1.82) is 0 Å². The van der Waals surface area contributed by atoms with Crippen molar-refractivity contribution in [3.63, 3.8) is 0 Å². The van der Waals surface area contributed by atoms with E-state index in [4.69, 9.17) is 14.2 Å². The summed E-state index contributed by atoms with van der Waals surface area (Å²) >= 11 is 0. The summed E-state index contributed by atoms with van der Waals surface area (Å²) in [6.07, 6.45) is -0.354. The molecule has 2 aromatic rings. The van der Waals surface area contributed by atoms with E-state index in [9.17, 15) is 8.42 Å². The zero-order valence-electron chi connectivity index (χ0n) is 13.8. The molecule has 2 aromatic carbocycles. The first-order valence-corrected chi connectivity index (χ1v) is 9.52. The molecule has 132 valence electrons.